The first kappa shape index (κ1) is 26.9. The Morgan fingerprint density at radius 1 is 1.31 bits per heavy atom. The van der Waals surface area contributed by atoms with E-state index in [1.807, 2.05) is 26.0 Å². The number of aromatic nitrogens is 3. The molecule has 3 rings (SSSR count). The zero-order valence-electron chi connectivity index (χ0n) is 19.5. The Morgan fingerprint density at radius 2 is 2.06 bits per heavy atom. The van der Waals surface area contributed by atoms with Gasteiger partial charge in [-0.2, -0.15) is 0 Å². The maximum absolute atomic E-state index is 13.9. The van der Waals surface area contributed by atoms with Gasteiger partial charge in [0.15, 0.2) is 11.1 Å². The summed E-state index contributed by atoms with van der Waals surface area (Å²) in [6.07, 6.45) is 8.88. The van der Waals surface area contributed by atoms with E-state index in [2.05, 4.69) is 31.7 Å². The summed E-state index contributed by atoms with van der Waals surface area (Å²) in [7, 11) is 0. The van der Waals surface area contributed by atoms with Crippen LogP contribution in [0.3, 0.4) is 0 Å². The molecule has 2 aromatic rings. The van der Waals surface area contributed by atoms with Gasteiger partial charge < -0.3 is 15.2 Å². The van der Waals surface area contributed by atoms with E-state index in [4.69, 9.17) is 4.99 Å². The van der Waals surface area contributed by atoms with Crippen molar-refractivity contribution >= 4 is 41.7 Å². The fraction of sp³-hybridized carbons (Fsp3) is 0.609. The molecule has 1 aliphatic carbocycles. The van der Waals surface area contributed by atoms with Crippen LogP contribution in [0.5, 0.6) is 0 Å². The lowest BCUT2D eigenvalue weighted by Crippen LogP contribution is -2.38. The van der Waals surface area contributed by atoms with Crippen molar-refractivity contribution in [3.63, 3.8) is 0 Å². The second-order valence-electron chi connectivity index (χ2n) is 8.15. The molecule has 0 saturated heterocycles. The molecule has 2 N–H and O–H groups in total. The summed E-state index contributed by atoms with van der Waals surface area (Å²) in [6, 6.07) is 5.87. The number of aryl methyl sites for hydroxylation is 2. The van der Waals surface area contributed by atoms with Gasteiger partial charge in [0, 0.05) is 25.6 Å². The average Bonchev–Trinajstić information content (AvgIpc) is 3.42. The summed E-state index contributed by atoms with van der Waals surface area (Å²) in [4.78, 5) is 4.73. The van der Waals surface area contributed by atoms with Crippen molar-refractivity contribution in [3.8, 4) is 0 Å². The van der Waals surface area contributed by atoms with Gasteiger partial charge in [-0.25, -0.2) is 4.39 Å². The highest BCUT2D eigenvalue weighted by Crippen LogP contribution is 2.33. The molecule has 6 nitrogen and oxygen atoms in total. The summed E-state index contributed by atoms with van der Waals surface area (Å²) in [5.74, 6) is 1.65. The summed E-state index contributed by atoms with van der Waals surface area (Å²) < 4.78 is 16.3. The van der Waals surface area contributed by atoms with Crippen LogP contribution >= 0.6 is 35.7 Å². The van der Waals surface area contributed by atoms with Gasteiger partial charge >= 0.3 is 0 Å². The minimum absolute atomic E-state index is 0. The van der Waals surface area contributed by atoms with E-state index in [0.717, 1.165) is 41.9 Å². The highest BCUT2D eigenvalue weighted by molar-refractivity contribution is 14.0. The van der Waals surface area contributed by atoms with Crippen LogP contribution in [-0.2, 0) is 6.42 Å². The quantitative estimate of drug-likeness (QED) is 0.138. The van der Waals surface area contributed by atoms with Gasteiger partial charge in [0.05, 0.1) is 6.04 Å². The van der Waals surface area contributed by atoms with Crippen LogP contribution in [0.15, 0.2) is 28.3 Å². The van der Waals surface area contributed by atoms with Gasteiger partial charge in [0.2, 0.25) is 0 Å². The fourth-order valence-electron chi connectivity index (χ4n) is 4.06. The summed E-state index contributed by atoms with van der Waals surface area (Å²) >= 11 is 1.68. The molecular formula is C23H36FIN6S. The van der Waals surface area contributed by atoms with E-state index in [0.29, 0.717) is 18.2 Å². The molecule has 32 heavy (non-hydrogen) atoms. The number of guanidine groups is 1. The van der Waals surface area contributed by atoms with Crippen molar-refractivity contribution in [2.45, 2.75) is 76.5 Å². The van der Waals surface area contributed by atoms with E-state index in [1.54, 1.807) is 24.8 Å². The van der Waals surface area contributed by atoms with Gasteiger partial charge in [0.25, 0.3) is 0 Å². The van der Waals surface area contributed by atoms with Crippen LogP contribution in [-0.4, -0.2) is 40.1 Å². The highest BCUT2D eigenvalue weighted by Gasteiger charge is 2.23. The molecule has 0 amide bonds. The highest BCUT2D eigenvalue weighted by atomic mass is 127. The lowest BCUT2D eigenvalue weighted by Gasteiger charge is -2.19. The largest absolute Gasteiger partial charge is 0.357 e. The third-order valence-electron chi connectivity index (χ3n) is 5.83. The molecule has 1 saturated carbocycles. The zero-order valence-corrected chi connectivity index (χ0v) is 22.7. The second kappa shape index (κ2) is 13.4. The smallest absolute Gasteiger partial charge is 0.191 e. The molecule has 178 valence electrons. The summed E-state index contributed by atoms with van der Waals surface area (Å²) in [5.41, 5.74) is 1.56. The number of benzene rings is 1. The molecule has 0 bridgehead atoms. The van der Waals surface area contributed by atoms with Crippen LogP contribution in [0.2, 0.25) is 0 Å². The predicted molar refractivity (Wildman–Crippen MR) is 142 cm³/mol. The molecular weight excluding hydrogens is 538 g/mol. The molecule has 0 spiro atoms. The Balaban J connectivity index is 0.00000363. The Labute approximate surface area is 212 Å². The Kier molecular flexibility index (Phi) is 11.2. The van der Waals surface area contributed by atoms with Gasteiger partial charge in [-0.05, 0) is 63.5 Å². The molecule has 0 radical (unpaired) electrons. The fourth-order valence-corrected chi connectivity index (χ4v) is 4.63. The summed E-state index contributed by atoms with van der Waals surface area (Å²) in [6.45, 7) is 7.30. The molecule has 1 atom stereocenters. The number of nitrogens with one attached hydrogen (secondary N) is 2. The number of hydrogen-bond donors (Lipinski definition) is 2. The second-order valence-corrected chi connectivity index (χ2v) is 8.92. The van der Waals surface area contributed by atoms with Crippen molar-refractivity contribution in [2.24, 2.45) is 4.99 Å². The van der Waals surface area contributed by atoms with Crippen molar-refractivity contribution in [3.05, 3.63) is 41.0 Å². The van der Waals surface area contributed by atoms with Crippen molar-refractivity contribution in [2.75, 3.05) is 19.3 Å². The number of hydrogen-bond acceptors (Lipinski definition) is 4. The first-order valence-electron chi connectivity index (χ1n) is 11.3. The van der Waals surface area contributed by atoms with Gasteiger partial charge in [-0.3, -0.25) is 4.99 Å². The maximum Gasteiger partial charge on any atom is 0.191 e. The van der Waals surface area contributed by atoms with E-state index < -0.39 is 0 Å². The van der Waals surface area contributed by atoms with Crippen LogP contribution in [0.1, 0.15) is 75.0 Å². The van der Waals surface area contributed by atoms with E-state index in [-0.39, 0.29) is 35.8 Å². The van der Waals surface area contributed by atoms with E-state index >= 15 is 0 Å². The maximum atomic E-state index is 13.9. The van der Waals surface area contributed by atoms with E-state index in [9.17, 15) is 4.39 Å². The minimum atomic E-state index is -0.177. The molecule has 1 aromatic carbocycles. The van der Waals surface area contributed by atoms with Gasteiger partial charge in [-0.15, -0.1) is 34.2 Å². The molecule has 1 aliphatic rings. The third-order valence-corrected chi connectivity index (χ3v) is 6.47. The first-order chi connectivity index (χ1) is 15.0. The van der Waals surface area contributed by atoms with Crippen LogP contribution in [0, 0.1) is 12.7 Å². The Bertz CT molecular complexity index is 881. The van der Waals surface area contributed by atoms with Crippen molar-refractivity contribution < 1.29 is 4.39 Å². The first-order valence-corrected chi connectivity index (χ1v) is 12.5. The van der Waals surface area contributed by atoms with Gasteiger partial charge in [-0.1, -0.05) is 36.7 Å². The molecule has 0 aliphatic heterocycles. The summed E-state index contributed by atoms with van der Waals surface area (Å²) in [5, 5.41) is 16.6. The average molecular weight is 575 g/mol. The van der Waals surface area contributed by atoms with Crippen LogP contribution in [0.4, 0.5) is 4.39 Å². The third kappa shape index (κ3) is 7.07. The van der Waals surface area contributed by atoms with Crippen molar-refractivity contribution in [1.29, 1.82) is 0 Å². The molecule has 1 aromatic heterocycles. The topological polar surface area (TPSA) is 67.1 Å². The van der Waals surface area contributed by atoms with Crippen molar-refractivity contribution in [1.82, 2.24) is 25.4 Å². The predicted octanol–water partition coefficient (Wildman–Crippen LogP) is 5.43. The standard InChI is InChI=1S/C23H35FN6S.HI/c1-5-25-22(27-17(3)18-13-12-16(2)20(24)15-18)26-14-8-11-21-28-29-23(31-4)30(21)19-9-6-7-10-19;/h12-13,15,17,19H,5-11,14H2,1-4H3,(H2,25,26,27);1H. The molecule has 1 heterocycles. The number of aliphatic imine (C=N–C) groups is 1. The molecule has 9 heteroatoms. The number of nitrogens with zero attached hydrogens (tertiary/aromatic N) is 4. The number of rotatable bonds is 9. The number of thioether (sulfide) groups is 1. The molecule has 1 fully saturated rings. The lowest BCUT2D eigenvalue weighted by molar-refractivity contribution is 0.461. The Hall–Kier alpha value is -1.36. The Morgan fingerprint density at radius 3 is 2.72 bits per heavy atom. The minimum Gasteiger partial charge on any atom is -0.357 e. The zero-order chi connectivity index (χ0) is 22.2. The number of halogens is 2. The molecule has 1 unspecified atom stereocenters. The SMILES string of the molecule is CCNC(=NCCCc1nnc(SC)n1C1CCCC1)NC(C)c1ccc(C)c(F)c1.I. The normalized spacial score (nSPS) is 15.5. The van der Waals surface area contributed by atoms with Crippen LogP contribution < -0.4 is 10.6 Å². The lowest BCUT2D eigenvalue weighted by atomic mass is 10.1. The monoisotopic (exact) mass is 574 g/mol. The van der Waals surface area contributed by atoms with E-state index in [1.165, 1.54) is 25.7 Å². The van der Waals surface area contributed by atoms with Gasteiger partial charge in [0.1, 0.15) is 11.6 Å². The van der Waals surface area contributed by atoms with Crippen LogP contribution in [0.25, 0.3) is 0 Å².